The molecule has 1 fully saturated rings. The smallest absolute Gasteiger partial charge is 0.241 e. The van der Waals surface area contributed by atoms with Gasteiger partial charge in [-0.2, -0.15) is 4.98 Å². The van der Waals surface area contributed by atoms with Crippen LogP contribution in [0.15, 0.2) is 34.9 Å². The maximum atomic E-state index is 12.7. The van der Waals surface area contributed by atoms with Gasteiger partial charge in [0, 0.05) is 16.5 Å². The normalized spacial score (nSPS) is 15.2. The van der Waals surface area contributed by atoms with Crippen molar-refractivity contribution in [2.75, 3.05) is 18.4 Å². The number of rotatable bonds is 5. The van der Waals surface area contributed by atoms with E-state index in [9.17, 15) is 4.79 Å². The Bertz CT molecular complexity index is 1150. The minimum atomic E-state index is -0.136. The molecular formula is C21H17Cl5N4O2. The number of hydrogen-bond donors (Lipinski definition) is 1. The van der Waals surface area contributed by atoms with Gasteiger partial charge in [-0.3, -0.25) is 9.69 Å². The Hall–Kier alpha value is -1.54. The molecule has 1 saturated heterocycles. The van der Waals surface area contributed by atoms with Crippen LogP contribution in [-0.2, 0) is 11.3 Å². The van der Waals surface area contributed by atoms with E-state index in [4.69, 9.17) is 62.5 Å². The lowest BCUT2D eigenvalue weighted by atomic mass is 9.96. The summed E-state index contributed by atoms with van der Waals surface area (Å²) < 4.78 is 5.38. The van der Waals surface area contributed by atoms with Crippen LogP contribution in [0.3, 0.4) is 0 Å². The van der Waals surface area contributed by atoms with Gasteiger partial charge in [0.25, 0.3) is 0 Å². The summed E-state index contributed by atoms with van der Waals surface area (Å²) in [6, 6.07) is 8.18. The fraction of sp³-hybridized carbons (Fsp3) is 0.286. The molecule has 0 radical (unpaired) electrons. The second kappa shape index (κ2) is 10.2. The number of nitrogens with zero attached hydrogens (tertiary/aromatic N) is 3. The fourth-order valence-electron chi connectivity index (χ4n) is 3.50. The number of hydrogen-bond acceptors (Lipinski definition) is 5. The molecule has 0 unspecified atom stereocenters. The average molecular weight is 535 g/mol. The van der Waals surface area contributed by atoms with Gasteiger partial charge in [0.15, 0.2) is 0 Å². The number of aromatic nitrogens is 2. The molecule has 2 heterocycles. The van der Waals surface area contributed by atoms with E-state index in [1.807, 2.05) is 0 Å². The highest BCUT2D eigenvalue weighted by Crippen LogP contribution is 2.33. The highest BCUT2D eigenvalue weighted by Gasteiger charge is 2.27. The predicted molar refractivity (Wildman–Crippen MR) is 128 cm³/mol. The Morgan fingerprint density at radius 3 is 2.44 bits per heavy atom. The topological polar surface area (TPSA) is 71.3 Å². The third-order valence-electron chi connectivity index (χ3n) is 5.23. The molecular weight excluding hydrogens is 518 g/mol. The molecule has 0 atom stereocenters. The zero-order chi connectivity index (χ0) is 22.8. The fourth-order valence-corrected chi connectivity index (χ4v) is 4.58. The SMILES string of the molecule is O=C(Nc1cc(Cl)c(Cl)cc1Cl)C1CCN(Cc2nc(-c3ccc(Cl)cc3Cl)no2)CC1. The van der Waals surface area contributed by atoms with E-state index in [1.54, 1.807) is 24.3 Å². The molecule has 1 aromatic heterocycles. The van der Waals surface area contributed by atoms with Crippen LogP contribution in [0.4, 0.5) is 5.69 Å². The summed E-state index contributed by atoms with van der Waals surface area (Å²) in [5, 5.41) is 8.88. The third kappa shape index (κ3) is 5.50. The zero-order valence-electron chi connectivity index (χ0n) is 16.5. The minimum Gasteiger partial charge on any atom is -0.338 e. The number of halogens is 5. The molecule has 0 spiro atoms. The largest absolute Gasteiger partial charge is 0.338 e. The van der Waals surface area contributed by atoms with Crippen LogP contribution in [0, 0.1) is 5.92 Å². The number of amides is 1. The van der Waals surface area contributed by atoms with Gasteiger partial charge in [-0.15, -0.1) is 0 Å². The van der Waals surface area contributed by atoms with Crippen LogP contribution in [0.25, 0.3) is 11.4 Å². The van der Waals surface area contributed by atoms with Crippen LogP contribution >= 0.6 is 58.0 Å². The van der Waals surface area contributed by atoms with Crippen LogP contribution < -0.4 is 5.32 Å². The number of likely N-dealkylation sites (tertiary alicyclic amines) is 1. The van der Waals surface area contributed by atoms with Crippen molar-refractivity contribution >= 4 is 69.6 Å². The van der Waals surface area contributed by atoms with Crippen molar-refractivity contribution < 1.29 is 9.32 Å². The van der Waals surface area contributed by atoms with E-state index >= 15 is 0 Å². The molecule has 0 saturated carbocycles. The number of carbonyl (C=O) groups is 1. The van der Waals surface area contributed by atoms with Gasteiger partial charge < -0.3 is 9.84 Å². The lowest BCUT2D eigenvalue weighted by molar-refractivity contribution is -0.121. The lowest BCUT2D eigenvalue weighted by Gasteiger charge is -2.30. The second-order valence-corrected chi connectivity index (χ2v) is 9.49. The van der Waals surface area contributed by atoms with E-state index < -0.39 is 0 Å². The summed E-state index contributed by atoms with van der Waals surface area (Å²) in [7, 11) is 0. The number of carbonyl (C=O) groups excluding carboxylic acids is 1. The van der Waals surface area contributed by atoms with Gasteiger partial charge >= 0.3 is 0 Å². The highest BCUT2D eigenvalue weighted by atomic mass is 35.5. The average Bonchev–Trinajstić information content (AvgIpc) is 3.20. The molecule has 32 heavy (non-hydrogen) atoms. The summed E-state index contributed by atoms with van der Waals surface area (Å²) in [6.45, 7) is 1.92. The molecule has 1 amide bonds. The van der Waals surface area contributed by atoms with Gasteiger partial charge in [-0.05, 0) is 56.3 Å². The Morgan fingerprint density at radius 2 is 1.72 bits per heavy atom. The molecule has 1 N–H and O–H groups in total. The minimum absolute atomic E-state index is 0.0950. The summed E-state index contributed by atoms with van der Waals surface area (Å²) in [5.74, 6) is 0.663. The molecule has 1 aliphatic heterocycles. The van der Waals surface area contributed by atoms with Crippen LogP contribution in [0.5, 0.6) is 0 Å². The van der Waals surface area contributed by atoms with Crippen molar-refractivity contribution in [3.63, 3.8) is 0 Å². The summed E-state index contributed by atoms with van der Waals surface area (Å²) in [4.78, 5) is 19.3. The zero-order valence-corrected chi connectivity index (χ0v) is 20.3. The first-order valence-electron chi connectivity index (χ1n) is 9.76. The molecule has 2 aromatic carbocycles. The van der Waals surface area contributed by atoms with Crippen LogP contribution in [0.1, 0.15) is 18.7 Å². The van der Waals surface area contributed by atoms with Crippen molar-refractivity contribution in [1.82, 2.24) is 15.0 Å². The number of piperidine rings is 1. The summed E-state index contributed by atoms with van der Waals surface area (Å²) in [5.41, 5.74) is 1.11. The molecule has 6 nitrogen and oxygen atoms in total. The second-order valence-electron chi connectivity index (χ2n) is 7.42. The molecule has 0 bridgehead atoms. The van der Waals surface area contributed by atoms with E-state index in [2.05, 4.69) is 20.4 Å². The van der Waals surface area contributed by atoms with Crippen molar-refractivity contribution in [3.05, 3.63) is 61.3 Å². The van der Waals surface area contributed by atoms with Crippen molar-refractivity contribution in [2.45, 2.75) is 19.4 Å². The Kier molecular flexibility index (Phi) is 7.50. The number of nitrogens with one attached hydrogen (secondary N) is 1. The maximum absolute atomic E-state index is 12.7. The molecule has 1 aliphatic rings. The van der Waals surface area contributed by atoms with Crippen LogP contribution in [0.2, 0.25) is 25.1 Å². The van der Waals surface area contributed by atoms with Crippen molar-refractivity contribution in [3.8, 4) is 11.4 Å². The molecule has 4 rings (SSSR count). The third-order valence-corrected chi connectivity index (χ3v) is 6.81. The Labute approximate surface area is 209 Å². The van der Waals surface area contributed by atoms with Crippen molar-refractivity contribution in [1.29, 1.82) is 0 Å². The number of benzene rings is 2. The van der Waals surface area contributed by atoms with Gasteiger partial charge in [0.2, 0.25) is 17.6 Å². The number of anilines is 1. The molecule has 0 aliphatic carbocycles. The molecule has 11 heteroatoms. The van der Waals surface area contributed by atoms with Gasteiger partial charge in [-0.1, -0.05) is 63.2 Å². The summed E-state index contributed by atoms with van der Waals surface area (Å²) in [6.07, 6.45) is 1.38. The first kappa shape index (κ1) is 23.6. The molecule has 3 aromatic rings. The predicted octanol–water partition coefficient (Wildman–Crippen LogP) is 6.85. The first-order valence-corrected chi connectivity index (χ1v) is 11.6. The monoisotopic (exact) mass is 532 g/mol. The van der Waals surface area contributed by atoms with E-state index in [1.165, 1.54) is 6.07 Å². The standard InChI is InChI=1S/C21H17Cl5N4O2/c22-12-1-2-13(14(23)7-12)20-28-19(32-29-20)10-30-5-3-11(4-6-30)21(31)27-18-9-16(25)15(24)8-17(18)26/h1-2,7-9,11H,3-6,10H2,(H,27,31). The Balaban J connectivity index is 1.32. The van der Waals surface area contributed by atoms with E-state index in [0.29, 0.717) is 80.6 Å². The van der Waals surface area contributed by atoms with Crippen molar-refractivity contribution in [2.24, 2.45) is 5.92 Å². The van der Waals surface area contributed by atoms with E-state index in [-0.39, 0.29) is 11.8 Å². The lowest BCUT2D eigenvalue weighted by Crippen LogP contribution is -2.37. The maximum Gasteiger partial charge on any atom is 0.241 e. The van der Waals surface area contributed by atoms with Gasteiger partial charge in [0.1, 0.15) is 0 Å². The highest BCUT2D eigenvalue weighted by molar-refractivity contribution is 6.44. The molecule has 168 valence electrons. The van der Waals surface area contributed by atoms with Gasteiger partial charge in [-0.25, -0.2) is 0 Å². The van der Waals surface area contributed by atoms with Gasteiger partial charge in [0.05, 0.1) is 32.3 Å². The quantitative estimate of drug-likeness (QED) is 0.362. The van der Waals surface area contributed by atoms with Crippen LogP contribution in [-0.4, -0.2) is 34.0 Å². The Morgan fingerprint density at radius 1 is 1.00 bits per heavy atom. The summed E-state index contributed by atoms with van der Waals surface area (Å²) >= 11 is 30.3. The first-order chi connectivity index (χ1) is 15.3. The van der Waals surface area contributed by atoms with E-state index in [0.717, 1.165) is 0 Å².